The van der Waals surface area contributed by atoms with Crippen molar-refractivity contribution < 1.29 is 32.2 Å². The van der Waals surface area contributed by atoms with E-state index in [-0.39, 0.29) is 27.5 Å². The van der Waals surface area contributed by atoms with Crippen LogP contribution in [0.3, 0.4) is 0 Å². The summed E-state index contributed by atoms with van der Waals surface area (Å²) in [5.74, 6) is -0.299. The maximum Gasteiger partial charge on any atom is 0.343 e. The van der Waals surface area contributed by atoms with Gasteiger partial charge in [0.15, 0.2) is 11.5 Å². The number of anilines is 1. The molecule has 10 nitrogen and oxygen atoms in total. The summed E-state index contributed by atoms with van der Waals surface area (Å²) in [7, 11) is -1.05. The molecule has 5 aromatic carbocycles. The average Bonchev–Trinajstić information content (AvgIpc) is 3.05. The van der Waals surface area contributed by atoms with Gasteiger partial charge in [0.05, 0.1) is 42.1 Å². The molecule has 0 spiro atoms. The lowest BCUT2D eigenvalue weighted by molar-refractivity contribution is 0.0734. The Bertz CT molecular complexity index is 2030. The number of ether oxygens (including phenoxy) is 3. The van der Waals surface area contributed by atoms with Gasteiger partial charge in [-0.25, -0.2) is 18.6 Å². The second-order valence-electron chi connectivity index (χ2n) is 9.46. The molecular formula is C33H26ClN3O7S. The van der Waals surface area contributed by atoms with Crippen molar-refractivity contribution in [1.29, 1.82) is 0 Å². The third-order valence-corrected chi connectivity index (χ3v) is 8.29. The quantitative estimate of drug-likeness (QED) is 0.0790. The van der Waals surface area contributed by atoms with Crippen LogP contribution in [0.15, 0.2) is 113 Å². The Kier molecular flexibility index (Phi) is 9.31. The molecular weight excluding hydrogens is 618 g/mol. The number of benzene rings is 5. The average molecular weight is 644 g/mol. The molecule has 0 bridgehead atoms. The Morgan fingerprint density at radius 1 is 0.800 bits per heavy atom. The Balaban J connectivity index is 1.40. The fourth-order valence-corrected chi connectivity index (χ4v) is 5.63. The fourth-order valence-electron chi connectivity index (χ4n) is 4.42. The lowest BCUT2D eigenvalue weighted by Gasteiger charge is -2.13. The lowest BCUT2D eigenvalue weighted by atomic mass is 10.0. The Morgan fingerprint density at radius 3 is 2.24 bits per heavy atom. The first-order valence-corrected chi connectivity index (χ1v) is 15.2. The SMILES string of the molecule is COc1ccc(C(=O)Oc2ccc3ccccc3c2C=NNC(=O)c2ccccc2NS(=O)(=O)c2ccc(Cl)cc2)cc1OC. The Hall–Kier alpha value is -5.39. The molecule has 45 heavy (non-hydrogen) atoms. The first kappa shape index (κ1) is 31.0. The Morgan fingerprint density at radius 2 is 1.49 bits per heavy atom. The molecule has 0 atom stereocenters. The molecule has 2 N–H and O–H groups in total. The minimum absolute atomic E-state index is 0.0220. The van der Waals surface area contributed by atoms with Crippen molar-refractivity contribution in [3.8, 4) is 17.2 Å². The minimum Gasteiger partial charge on any atom is -0.493 e. The number of hydrogen-bond acceptors (Lipinski definition) is 8. The van der Waals surface area contributed by atoms with Crippen molar-refractivity contribution in [3.05, 3.63) is 125 Å². The molecule has 5 rings (SSSR count). The summed E-state index contributed by atoms with van der Waals surface area (Å²) in [6.45, 7) is 0. The zero-order valence-corrected chi connectivity index (χ0v) is 25.6. The van der Waals surface area contributed by atoms with Gasteiger partial charge in [-0.05, 0) is 71.4 Å². The van der Waals surface area contributed by atoms with Crippen LogP contribution in [-0.2, 0) is 10.0 Å². The maximum atomic E-state index is 13.2. The third kappa shape index (κ3) is 7.06. The summed E-state index contributed by atoms with van der Waals surface area (Å²) in [5, 5.41) is 6.06. The highest BCUT2D eigenvalue weighted by Crippen LogP contribution is 2.30. The zero-order chi connectivity index (χ0) is 32.0. The molecule has 0 aromatic heterocycles. The smallest absolute Gasteiger partial charge is 0.343 e. The van der Waals surface area contributed by atoms with Crippen molar-refractivity contribution in [2.24, 2.45) is 5.10 Å². The summed E-state index contributed by atoms with van der Waals surface area (Å²) >= 11 is 5.88. The van der Waals surface area contributed by atoms with E-state index in [0.717, 1.165) is 5.39 Å². The number of amides is 1. The van der Waals surface area contributed by atoms with Crippen molar-refractivity contribution in [2.75, 3.05) is 18.9 Å². The van der Waals surface area contributed by atoms with Crippen LogP contribution in [0.5, 0.6) is 17.2 Å². The number of nitrogens with one attached hydrogen (secondary N) is 2. The standard InChI is InChI=1S/C33H26ClN3O7S/c1-42-30-18-12-22(19-31(30)43-2)33(39)44-29-17-11-21-7-3-4-8-25(21)27(29)20-35-36-32(38)26-9-5-6-10-28(26)37-45(40,41)24-15-13-23(34)14-16-24/h3-20,37H,1-2H3,(H,36,38). The first-order chi connectivity index (χ1) is 21.7. The van der Waals surface area contributed by atoms with E-state index in [0.29, 0.717) is 27.5 Å². The van der Waals surface area contributed by atoms with E-state index < -0.39 is 21.9 Å². The number of esters is 1. The van der Waals surface area contributed by atoms with Crippen molar-refractivity contribution >= 4 is 56.2 Å². The van der Waals surface area contributed by atoms with E-state index in [1.807, 2.05) is 24.3 Å². The third-order valence-electron chi connectivity index (χ3n) is 6.65. The van der Waals surface area contributed by atoms with Crippen molar-refractivity contribution in [2.45, 2.75) is 4.90 Å². The van der Waals surface area contributed by atoms with Crippen LogP contribution in [0, 0.1) is 0 Å². The predicted octanol–water partition coefficient (Wildman–Crippen LogP) is 6.29. The van der Waals surface area contributed by atoms with Crippen LogP contribution in [0.25, 0.3) is 10.8 Å². The van der Waals surface area contributed by atoms with Gasteiger partial charge < -0.3 is 14.2 Å². The van der Waals surface area contributed by atoms with Gasteiger partial charge in [-0.3, -0.25) is 9.52 Å². The number of methoxy groups -OCH3 is 2. The molecule has 0 unspecified atom stereocenters. The van der Waals surface area contributed by atoms with Crippen molar-refractivity contribution in [3.63, 3.8) is 0 Å². The predicted molar refractivity (Wildman–Crippen MR) is 172 cm³/mol. The van der Waals surface area contributed by atoms with E-state index in [4.69, 9.17) is 25.8 Å². The minimum atomic E-state index is -4.01. The second kappa shape index (κ2) is 13.5. The van der Waals surface area contributed by atoms with Gasteiger partial charge in [0.2, 0.25) is 0 Å². The molecule has 5 aromatic rings. The summed E-state index contributed by atoms with van der Waals surface area (Å²) in [4.78, 5) is 26.3. The summed E-state index contributed by atoms with van der Waals surface area (Å²) in [5.41, 5.74) is 3.18. The van der Waals surface area contributed by atoms with Gasteiger partial charge in [0.1, 0.15) is 5.75 Å². The number of hydrazone groups is 1. The molecule has 12 heteroatoms. The monoisotopic (exact) mass is 643 g/mol. The second-order valence-corrected chi connectivity index (χ2v) is 11.6. The van der Waals surface area contributed by atoms with E-state index in [1.165, 1.54) is 62.9 Å². The highest BCUT2D eigenvalue weighted by atomic mass is 35.5. The number of nitrogens with zero attached hydrogens (tertiary/aromatic N) is 1. The van der Waals surface area contributed by atoms with E-state index >= 15 is 0 Å². The van der Waals surface area contributed by atoms with Gasteiger partial charge in [0, 0.05) is 10.6 Å². The van der Waals surface area contributed by atoms with Crippen LogP contribution in [0.4, 0.5) is 5.69 Å². The molecule has 0 heterocycles. The number of fused-ring (bicyclic) bond motifs is 1. The topological polar surface area (TPSA) is 132 Å². The normalized spacial score (nSPS) is 11.3. The van der Waals surface area contributed by atoms with E-state index in [1.54, 1.807) is 36.4 Å². The van der Waals surface area contributed by atoms with Gasteiger partial charge >= 0.3 is 5.97 Å². The van der Waals surface area contributed by atoms with Gasteiger partial charge in [-0.15, -0.1) is 0 Å². The lowest BCUT2D eigenvalue weighted by Crippen LogP contribution is -2.21. The van der Waals surface area contributed by atoms with Gasteiger partial charge in [-0.1, -0.05) is 54.1 Å². The van der Waals surface area contributed by atoms with Crippen LogP contribution in [-0.4, -0.2) is 40.7 Å². The molecule has 0 aliphatic heterocycles. The number of sulfonamides is 1. The molecule has 228 valence electrons. The van der Waals surface area contributed by atoms with Crippen LogP contribution in [0.1, 0.15) is 26.3 Å². The number of carbonyl (C=O) groups is 2. The van der Waals surface area contributed by atoms with Crippen LogP contribution >= 0.6 is 11.6 Å². The van der Waals surface area contributed by atoms with Crippen LogP contribution < -0.4 is 24.4 Å². The maximum absolute atomic E-state index is 13.2. The summed E-state index contributed by atoms with van der Waals surface area (Å²) in [6, 6.07) is 27.2. The molecule has 0 fully saturated rings. The van der Waals surface area contributed by atoms with E-state index in [9.17, 15) is 18.0 Å². The molecule has 0 radical (unpaired) electrons. The van der Waals surface area contributed by atoms with Crippen molar-refractivity contribution in [1.82, 2.24) is 5.43 Å². The zero-order valence-electron chi connectivity index (χ0n) is 24.0. The number of hydrogen-bond donors (Lipinski definition) is 2. The summed E-state index contributed by atoms with van der Waals surface area (Å²) < 4.78 is 44.6. The Labute approximate surface area is 264 Å². The molecule has 0 aliphatic rings. The van der Waals surface area contributed by atoms with Gasteiger partial charge in [-0.2, -0.15) is 5.10 Å². The molecule has 0 aliphatic carbocycles. The number of rotatable bonds is 10. The largest absolute Gasteiger partial charge is 0.493 e. The molecule has 0 saturated carbocycles. The highest BCUT2D eigenvalue weighted by Gasteiger charge is 2.19. The summed E-state index contributed by atoms with van der Waals surface area (Å²) in [6.07, 6.45) is 1.36. The molecule has 0 saturated heterocycles. The number of halogens is 1. The fraction of sp³-hybridized carbons (Fsp3) is 0.0606. The number of carbonyl (C=O) groups excluding carboxylic acids is 2. The highest BCUT2D eigenvalue weighted by molar-refractivity contribution is 7.92. The molecule has 1 amide bonds. The van der Waals surface area contributed by atoms with Gasteiger partial charge in [0.25, 0.3) is 15.9 Å². The first-order valence-electron chi connectivity index (χ1n) is 13.4. The number of para-hydroxylation sites is 1. The van der Waals surface area contributed by atoms with Crippen LogP contribution in [0.2, 0.25) is 5.02 Å². The van der Waals surface area contributed by atoms with E-state index in [2.05, 4.69) is 15.2 Å².